The zero-order valence-electron chi connectivity index (χ0n) is 13.2. The highest BCUT2D eigenvalue weighted by molar-refractivity contribution is 5.36. The van der Waals surface area contributed by atoms with Crippen LogP contribution in [0.15, 0.2) is 18.2 Å². The highest BCUT2D eigenvalue weighted by Crippen LogP contribution is 2.30. The van der Waals surface area contributed by atoms with Crippen LogP contribution in [0.4, 0.5) is 0 Å². The molecule has 112 valence electrons. The molecule has 1 fully saturated rings. The van der Waals surface area contributed by atoms with Crippen LogP contribution in [-0.2, 0) is 6.54 Å². The summed E-state index contributed by atoms with van der Waals surface area (Å²) in [6, 6.07) is 6.45. The maximum Gasteiger partial charge on any atom is 0.121 e. The quantitative estimate of drug-likeness (QED) is 0.835. The first kappa shape index (κ1) is 15.4. The second-order valence-corrected chi connectivity index (χ2v) is 6.23. The molecule has 0 unspecified atom stereocenters. The van der Waals surface area contributed by atoms with E-state index in [2.05, 4.69) is 37.4 Å². The van der Waals surface area contributed by atoms with E-state index in [1.807, 2.05) is 0 Å². The summed E-state index contributed by atoms with van der Waals surface area (Å²) in [4.78, 5) is 0. The minimum absolute atomic E-state index is 0.886. The Kier molecular flexibility index (Phi) is 5.90. The summed E-state index contributed by atoms with van der Waals surface area (Å²) in [6.07, 6.45) is 7.06. The van der Waals surface area contributed by atoms with Crippen LogP contribution in [0.25, 0.3) is 0 Å². The number of ether oxygens (including phenoxy) is 1. The Hall–Kier alpha value is -1.02. The molecule has 1 aromatic rings. The molecule has 0 aromatic heterocycles. The zero-order chi connectivity index (χ0) is 14.4. The first-order chi connectivity index (χ1) is 9.72. The minimum atomic E-state index is 0.886. The SMILES string of the molecule is CCC1CCC(CNCc2ccc(OC)c(C)c2)CC1. The van der Waals surface area contributed by atoms with Gasteiger partial charge in [0.2, 0.25) is 0 Å². The van der Waals surface area contributed by atoms with Crippen molar-refractivity contribution >= 4 is 0 Å². The molecule has 1 N–H and O–H groups in total. The van der Waals surface area contributed by atoms with Crippen LogP contribution < -0.4 is 10.1 Å². The lowest BCUT2D eigenvalue weighted by atomic mass is 9.81. The topological polar surface area (TPSA) is 21.3 Å². The van der Waals surface area contributed by atoms with Crippen molar-refractivity contribution < 1.29 is 4.74 Å². The molecule has 2 rings (SSSR count). The molecule has 0 atom stereocenters. The molecule has 20 heavy (non-hydrogen) atoms. The normalized spacial score (nSPS) is 22.8. The molecule has 0 saturated heterocycles. The summed E-state index contributed by atoms with van der Waals surface area (Å²) in [6.45, 7) is 6.57. The lowest BCUT2D eigenvalue weighted by molar-refractivity contribution is 0.262. The van der Waals surface area contributed by atoms with E-state index in [1.165, 1.54) is 49.8 Å². The van der Waals surface area contributed by atoms with Gasteiger partial charge in [-0.1, -0.05) is 38.3 Å². The Morgan fingerprint density at radius 1 is 1.15 bits per heavy atom. The molecule has 1 aliphatic carbocycles. The fourth-order valence-corrected chi connectivity index (χ4v) is 3.31. The molecule has 0 spiro atoms. The lowest BCUT2D eigenvalue weighted by Crippen LogP contribution is -2.26. The fraction of sp³-hybridized carbons (Fsp3) is 0.667. The molecule has 1 aliphatic rings. The summed E-state index contributed by atoms with van der Waals surface area (Å²) >= 11 is 0. The Labute approximate surface area is 123 Å². The maximum atomic E-state index is 5.30. The number of benzene rings is 1. The summed E-state index contributed by atoms with van der Waals surface area (Å²) in [5.41, 5.74) is 2.57. The number of hydrogen-bond donors (Lipinski definition) is 1. The first-order valence-electron chi connectivity index (χ1n) is 8.07. The van der Waals surface area contributed by atoms with Crippen molar-refractivity contribution in [2.75, 3.05) is 13.7 Å². The number of methoxy groups -OCH3 is 1. The van der Waals surface area contributed by atoms with Crippen molar-refractivity contribution in [1.29, 1.82) is 0 Å². The number of hydrogen-bond acceptors (Lipinski definition) is 2. The molecule has 0 aliphatic heterocycles. The number of rotatable bonds is 6. The Balaban J connectivity index is 1.72. The van der Waals surface area contributed by atoms with Crippen LogP contribution in [0.1, 0.15) is 50.2 Å². The van der Waals surface area contributed by atoms with Gasteiger partial charge < -0.3 is 10.1 Å². The van der Waals surface area contributed by atoms with Gasteiger partial charge in [0.1, 0.15) is 5.75 Å². The van der Waals surface area contributed by atoms with Gasteiger partial charge in [0.15, 0.2) is 0 Å². The molecule has 0 bridgehead atoms. The van der Waals surface area contributed by atoms with E-state index in [1.54, 1.807) is 7.11 Å². The third-order valence-electron chi connectivity index (χ3n) is 4.77. The van der Waals surface area contributed by atoms with E-state index in [0.29, 0.717) is 0 Å². The molecule has 0 radical (unpaired) electrons. The maximum absolute atomic E-state index is 5.30. The molecule has 1 aromatic carbocycles. The first-order valence-corrected chi connectivity index (χ1v) is 8.07. The van der Waals surface area contributed by atoms with Gasteiger partial charge in [-0.2, -0.15) is 0 Å². The van der Waals surface area contributed by atoms with Crippen LogP contribution in [0, 0.1) is 18.8 Å². The van der Waals surface area contributed by atoms with Gasteiger partial charge in [0.25, 0.3) is 0 Å². The Bertz CT molecular complexity index is 408. The van der Waals surface area contributed by atoms with Crippen LogP contribution >= 0.6 is 0 Å². The lowest BCUT2D eigenvalue weighted by Gasteiger charge is -2.28. The second kappa shape index (κ2) is 7.68. The summed E-state index contributed by atoms with van der Waals surface area (Å²) in [5, 5.41) is 3.63. The van der Waals surface area contributed by atoms with Crippen molar-refractivity contribution in [3.8, 4) is 5.75 Å². The molecule has 2 nitrogen and oxygen atoms in total. The monoisotopic (exact) mass is 275 g/mol. The molecule has 0 amide bonds. The van der Waals surface area contributed by atoms with Crippen LogP contribution in [-0.4, -0.2) is 13.7 Å². The summed E-state index contributed by atoms with van der Waals surface area (Å²) in [5.74, 6) is 2.86. The van der Waals surface area contributed by atoms with Gasteiger partial charge in [-0.15, -0.1) is 0 Å². The predicted molar refractivity (Wildman–Crippen MR) is 85.2 cm³/mol. The zero-order valence-corrected chi connectivity index (χ0v) is 13.2. The third-order valence-corrected chi connectivity index (χ3v) is 4.77. The smallest absolute Gasteiger partial charge is 0.121 e. The van der Waals surface area contributed by atoms with Gasteiger partial charge in [0.05, 0.1) is 7.11 Å². The molecular weight excluding hydrogens is 246 g/mol. The summed E-state index contributed by atoms with van der Waals surface area (Å²) in [7, 11) is 1.73. The van der Waals surface area contributed by atoms with Crippen molar-refractivity contribution in [2.24, 2.45) is 11.8 Å². The van der Waals surface area contributed by atoms with Crippen molar-refractivity contribution in [1.82, 2.24) is 5.32 Å². The van der Waals surface area contributed by atoms with Crippen LogP contribution in [0.2, 0.25) is 0 Å². The largest absolute Gasteiger partial charge is 0.496 e. The van der Waals surface area contributed by atoms with Crippen LogP contribution in [0.3, 0.4) is 0 Å². The number of nitrogens with one attached hydrogen (secondary N) is 1. The standard InChI is InChI=1S/C18H29NO/c1-4-15-5-7-16(8-6-15)12-19-13-17-9-10-18(20-3)14(2)11-17/h9-11,15-16,19H,4-8,12-13H2,1-3H3. The predicted octanol–water partition coefficient (Wildman–Crippen LogP) is 4.31. The van der Waals surface area contributed by atoms with E-state index >= 15 is 0 Å². The van der Waals surface area contributed by atoms with Crippen molar-refractivity contribution in [3.05, 3.63) is 29.3 Å². The van der Waals surface area contributed by atoms with E-state index < -0.39 is 0 Å². The van der Waals surface area contributed by atoms with Gasteiger partial charge >= 0.3 is 0 Å². The van der Waals surface area contributed by atoms with Crippen molar-refractivity contribution in [3.63, 3.8) is 0 Å². The van der Waals surface area contributed by atoms with E-state index in [4.69, 9.17) is 4.74 Å². The molecule has 0 heterocycles. The average molecular weight is 275 g/mol. The highest BCUT2D eigenvalue weighted by atomic mass is 16.5. The Morgan fingerprint density at radius 3 is 2.45 bits per heavy atom. The average Bonchev–Trinajstić information content (AvgIpc) is 2.48. The molecular formula is C18H29NO. The molecule has 1 saturated carbocycles. The van der Waals surface area contributed by atoms with E-state index in [-0.39, 0.29) is 0 Å². The molecule has 2 heteroatoms. The third kappa shape index (κ3) is 4.24. The second-order valence-electron chi connectivity index (χ2n) is 6.23. The number of aryl methyl sites for hydroxylation is 1. The van der Waals surface area contributed by atoms with Gasteiger partial charge in [-0.3, -0.25) is 0 Å². The van der Waals surface area contributed by atoms with E-state index in [0.717, 1.165) is 24.1 Å². The van der Waals surface area contributed by atoms with E-state index in [9.17, 15) is 0 Å². The van der Waals surface area contributed by atoms with Crippen molar-refractivity contribution in [2.45, 2.75) is 52.5 Å². The van der Waals surface area contributed by atoms with Crippen LogP contribution in [0.5, 0.6) is 5.75 Å². The fourth-order valence-electron chi connectivity index (χ4n) is 3.31. The van der Waals surface area contributed by atoms with Gasteiger partial charge in [-0.25, -0.2) is 0 Å². The Morgan fingerprint density at radius 2 is 1.85 bits per heavy atom. The van der Waals surface area contributed by atoms with Gasteiger partial charge in [-0.05, 0) is 55.3 Å². The summed E-state index contributed by atoms with van der Waals surface area (Å²) < 4.78 is 5.30. The highest BCUT2D eigenvalue weighted by Gasteiger charge is 2.19. The minimum Gasteiger partial charge on any atom is -0.496 e. The van der Waals surface area contributed by atoms with Gasteiger partial charge in [0, 0.05) is 6.54 Å².